The molecule has 2 amide bonds. The minimum Gasteiger partial charge on any atom is -0.489 e. The molecule has 2 N–H and O–H groups in total. The number of amides is 2. The molecule has 1 aromatic heterocycles. The highest BCUT2D eigenvalue weighted by molar-refractivity contribution is 5.98. The zero-order chi connectivity index (χ0) is 22.0. The van der Waals surface area contributed by atoms with Crippen molar-refractivity contribution in [3.63, 3.8) is 0 Å². The lowest BCUT2D eigenvalue weighted by Crippen LogP contribution is -2.49. The first kappa shape index (κ1) is 20.5. The Balaban J connectivity index is 1.43. The summed E-state index contributed by atoms with van der Waals surface area (Å²) < 4.78 is 16.6. The molecule has 0 bridgehead atoms. The highest BCUT2D eigenvalue weighted by Crippen LogP contribution is 2.33. The van der Waals surface area contributed by atoms with Crippen LogP contribution in [0.1, 0.15) is 22.6 Å². The average molecular weight is 421 g/mol. The third-order valence-electron chi connectivity index (χ3n) is 5.24. The summed E-state index contributed by atoms with van der Waals surface area (Å²) in [6.07, 6.45) is -0.705. The van der Waals surface area contributed by atoms with Crippen LogP contribution in [0.3, 0.4) is 0 Å². The molecule has 8 heteroatoms. The van der Waals surface area contributed by atoms with Gasteiger partial charge in [-0.1, -0.05) is 29.4 Å². The number of nitrogens with two attached hydrogens (primary N) is 1. The van der Waals surface area contributed by atoms with E-state index in [2.05, 4.69) is 5.16 Å². The van der Waals surface area contributed by atoms with E-state index in [1.54, 1.807) is 23.1 Å². The SMILES string of the molecule is Cc1noc(C)c1COc1ccc(CC(=O)N2CC(C(N)=O)Oc3ccccc32)cc1. The van der Waals surface area contributed by atoms with Crippen LogP contribution in [-0.2, 0) is 22.6 Å². The average Bonchev–Trinajstić information content (AvgIpc) is 3.09. The van der Waals surface area contributed by atoms with Gasteiger partial charge in [-0.25, -0.2) is 0 Å². The van der Waals surface area contributed by atoms with E-state index in [1.807, 2.05) is 44.2 Å². The van der Waals surface area contributed by atoms with Crippen LogP contribution in [0.2, 0.25) is 0 Å². The highest BCUT2D eigenvalue weighted by Gasteiger charge is 2.32. The quantitative estimate of drug-likeness (QED) is 0.656. The number of aromatic nitrogens is 1. The van der Waals surface area contributed by atoms with E-state index in [1.165, 1.54) is 0 Å². The van der Waals surface area contributed by atoms with Crippen molar-refractivity contribution in [2.45, 2.75) is 33.0 Å². The van der Waals surface area contributed by atoms with Crippen LogP contribution in [-0.4, -0.2) is 29.6 Å². The lowest BCUT2D eigenvalue weighted by molar-refractivity contribution is -0.125. The van der Waals surface area contributed by atoms with Crippen molar-refractivity contribution in [1.29, 1.82) is 0 Å². The maximum atomic E-state index is 13.0. The van der Waals surface area contributed by atoms with Gasteiger partial charge in [-0.05, 0) is 43.7 Å². The molecule has 2 aromatic carbocycles. The van der Waals surface area contributed by atoms with Gasteiger partial charge in [0.05, 0.1) is 29.9 Å². The molecule has 8 nitrogen and oxygen atoms in total. The zero-order valence-electron chi connectivity index (χ0n) is 17.3. The molecule has 0 aliphatic carbocycles. The number of nitrogens with zero attached hydrogens (tertiary/aromatic N) is 2. The van der Waals surface area contributed by atoms with Crippen LogP contribution in [0, 0.1) is 13.8 Å². The van der Waals surface area contributed by atoms with Crippen molar-refractivity contribution >= 4 is 17.5 Å². The van der Waals surface area contributed by atoms with Gasteiger partial charge in [0, 0.05) is 0 Å². The lowest BCUT2D eigenvalue weighted by atomic mass is 10.1. The molecule has 1 atom stereocenters. The summed E-state index contributed by atoms with van der Waals surface area (Å²) in [5.74, 6) is 1.13. The predicted octanol–water partition coefficient (Wildman–Crippen LogP) is 2.69. The van der Waals surface area contributed by atoms with Crippen molar-refractivity contribution in [2.24, 2.45) is 5.73 Å². The molecule has 2 heterocycles. The molecule has 0 radical (unpaired) electrons. The standard InChI is InChI=1S/C23H23N3O5/c1-14-18(15(2)31-25-14)13-29-17-9-7-16(8-10-17)11-22(27)26-12-21(23(24)28)30-20-6-4-3-5-19(20)26/h3-10,21H,11-13H2,1-2H3,(H2,24,28). The second kappa shape index (κ2) is 8.51. The second-order valence-electron chi connectivity index (χ2n) is 7.39. The molecule has 1 unspecified atom stereocenters. The van der Waals surface area contributed by atoms with E-state index in [0.29, 0.717) is 23.8 Å². The minimum absolute atomic E-state index is 0.0871. The molecule has 0 fully saturated rings. The van der Waals surface area contributed by atoms with Crippen molar-refractivity contribution < 1.29 is 23.6 Å². The van der Waals surface area contributed by atoms with Crippen molar-refractivity contribution in [3.05, 3.63) is 71.1 Å². The summed E-state index contributed by atoms with van der Waals surface area (Å²) in [5, 5.41) is 3.92. The van der Waals surface area contributed by atoms with Crippen LogP contribution in [0.4, 0.5) is 5.69 Å². The summed E-state index contributed by atoms with van der Waals surface area (Å²) >= 11 is 0. The van der Waals surface area contributed by atoms with Gasteiger partial charge < -0.3 is 24.6 Å². The van der Waals surface area contributed by atoms with Gasteiger partial charge in [-0.15, -0.1) is 0 Å². The Bertz CT molecular complexity index is 1090. The number of rotatable bonds is 6. The number of anilines is 1. The normalized spacial score (nSPS) is 15.2. The van der Waals surface area contributed by atoms with Gasteiger partial charge in [0.25, 0.3) is 5.91 Å². The minimum atomic E-state index is -0.876. The smallest absolute Gasteiger partial charge is 0.260 e. The fourth-order valence-corrected chi connectivity index (χ4v) is 3.46. The molecular weight excluding hydrogens is 398 g/mol. The number of carbonyl (C=O) groups is 2. The molecule has 0 spiro atoms. The highest BCUT2D eigenvalue weighted by atomic mass is 16.5. The van der Waals surface area contributed by atoms with Gasteiger partial charge in [0.15, 0.2) is 6.10 Å². The van der Waals surface area contributed by atoms with E-state index in [0.717, 1.165) is 22.6 Å². The summed E-state index contributed by atoms with van der Waals surface area (Å²) in [4.78, 5) is 26.2. The Morgan fingerprint density at radius 2 is 1.90 bits per heavy atom. The predicted molar refractivity (Wildman–Crippen MR) is 113 cm³/mol. The van der Waals surface area contributed by atoms with Gasteiger partial charge >= 0.3 is 0 Å². The van der Waals surface area contributed by atoms with Crippen LogP contribution >= 0.6 is 0 Å². The number of fused-ring (bicyclic) bond motifs is 1. The van der Waals surface area contributed by atoms with Crippen molar-refractivity contribution in [1.82, 2.24) is 5.16 Å². The maximum Gasteiger partial charge on any atom is 0.260 e. The first-order valence-electron chi connectivity index (χ1n) is 9.91. The Hall–Kier alpha value is -3.81. The van der Waals surface area contributed by atoms with Gasteiger partial charge in [-0.2, -0.15) is 0 Å². The number of aryl methyl sites for hydroxylation is 2. The molecule has 0 saturated carbocycles. The van der Waals surface area contributed by atoms with Crippen molar-refractivity contribution in [3.8, 4) is 11.5 Å². The van der Waals surface area contributed by atoms with E-state index in [4.69, 9.17) is 19.7 Å². The fourth-order valence-electron chi connectivity index (χ4n) is 3.46. The third-order valence-corrected chi connectivity index (χ3v) is 5.24. The molecule has 3 aromatic rings. The van der Waals surface area contributed by atoms with Gasteiger partial charge in [-0.3, -0.25) is 9.59 Å². The first-order chi connectivity index (χ1) is 14.9. The number of hydrogen-bond acceptors (Lipinski definition) is 6. The molecule has 4 rings (SSSR count). The second-order valence-corrected chi connectivity index (χ2v) is 7.39. The summed E-state index contributed by atoms with van der Waals surface area (Å²) in [6, 6.07) is 14.4. The van der Waals surface area contributed by atoms with Crippen LogP contribution in [0.15, 0.2) is 53.1 Å². The lowest BCUT2D eigenvalue weighted by Gasteiger charge is -2.33. The number of primary amides is 1. The van der Waals surface area contributed by atoms with Crippen molar-refractivity contribution in [2.75, 3.05) is 11.4 Å². The summed E-state index contributed by atoms with van der Waals surface area (Å²) in [5.41, 5.74) is 8.60. The van der Waals surface area contributed by atoms with Crippen LogP contribution < -0.4 is 20.1 Å². The Morgan fingerprint density at radius 3 is 2.58 bits per heavy atom. The molecule has 0 saturated heterocycles. The third kappa shape index (κ3) is 4.37. The topological polar surface area (TPSA) is 108 Å². The van der Waals surface area contributed by atoms with E-state index in [9.17, 15) is 9.59 Å². The van der Waals surface area contributed by atoms with Crippen LogP contribution in [0.25, 0.3) is 0 Å². The molecule has 1 aliphatic rings. The molecular formula is C23H23N3O5. The molecule has 31 heavy (non-hydrogen) atoms. The van der Waals surface area contributed by atoms with Gasteiger partial charge in [0.2, 0.25) is 5.91 Å². The summed E-state index contributed by atoms with van der Waals surface area (Å²) in [7, 11) is 0. The van der Waals surface area contributed by atoms with E-state index < -0.39 is 12.0 Å². The zero-order valence-corrected chi connectivity index (χ0v) is 17.3. The number of para-hydroxylation sites is 2. The van der Waals surface area contributed by atoms with Crippen LogP contribution in [0.5, 0.6) is 11.5 Å². The summed E-state index contributed by atoms with van der Waals surface area (Å²) in [6.45, 7) is 4.17. The molecule has 1 aliphatic heterocycles. The Labute approximate surface area is 179 Å². The maximum absolute atomic E-state index is 13.0. The van der Waals surface area contributed by atoms with E-state index in [-0.39, 0.29) is 18.9 Å². The number of benzene rings is 2. The first-order valence-corrected chi connectivity index (χ1v) is 9.91. The number of carbonyl (C=O) groups excluding carboxylic acids is 2. The number of hydrogen-bond donors (Lipinski definition) is 1. The Kier molecular flexibility index (Phi) is 5.62. The monoisotopic (exact) mass is 421 g/mol. The number of ether oxygens (including phenoxy) is 2. The Morgan fingerprint density at radius 1 is 1.16 bits per heavy atom. The largest absolute Gasteiger partial charge is 0.489 e. The van der Waals surface area contributed by atoms with E-state index >= 15 is 0 Å². The fraction of sp³-hybridized carbons (Fsp3) is 0.261. The van der Waals surface area contributed by atoms with Gasteiger partial charge in [0.1, 0.15) is 23.9 Å². The molecule has 160 valence electrons.